The summed E-state index contributed by atoms with van der Waals surface area (Å²) in [7, 11) is 0. The number of ether oxygens (including phenoxy) is 1. The van der Waals surface area contributed by atoms with Crippen LogP contribution >= 0.6 is 15.9 Å². The molecule has 0 heterocycles. The Bertz CT molecular complexity index is 632. The van der Waals surface area contributed by atoms with Gasteiger partial charge in [0.2, 0.25) is 0 Å². The van der Waals surface area contributed by atoms with E-state index >= 15 is 0 Å². The highest BCUT2D eigenvalue weighted by Gasteiger charge is 2.08. The second kappa shape index (κ2) is 6.89. The Morgan fingerprint density at radius 2 is 1.90 bits per heavy atom. The predicted octanol–water partition coefficient (Wildman–Crippen LogP) is 5.13. The van der Waals surface area contributed by atoms with Crippen molar-refractivity contribution in [1.82, 2.24) is 0 Å². The molecule has 0 amide bonds. The predicted molar refractivity (Wildman–Crippen MR) is 83.6 cm³/mol. The van der Waals surface area contributed by atoms with Gasteiger partial charge in [0, 0.05) is 12.6 Å². The van der Waals surface area contributed by atoms with Gasteiger partial charge in [0.15, 0.2) is 0 Å². The molecule has 0 aromatic heterocycles. The quantitative estimate of drug-likeness (QED) is 0.751. The molecule has 0 atom stereocenters. The van der Waals surface area contributed by atoms with Gasteiger partial charge in [0.1, 0.15) is 17.4 Å². The Labute approximate surface area is 131 Å². The Morgan fingerprint density at radius 1 is 1.14 bits per heavy atom. The summed E-state index contributed by atoms with van der Waals surface area (Å²) in [5.74, 6) is -0.472. The Balaban J connectivity index is 2.08. The minimum Gasteiger partial charge on any atom is -0.491 e. The summed E-state index contributed by atoms with van der Waals surface area (Å²) in [5.41, 5.74) is 1.20. The zero-order valence-corrected chi connectivity index (χ0v) is 13.4. The summed E-state index contributed by atoms with van der Waals surface area (Å²) in [6.07, 6.45) is 0.0960. The van der Waals surface area contributed by atoms with Gasteiger partial charge in [-0.3, -0.25) is 0 Å². The molecule has 2 aromatic rings. The molecule has 2 rings (SSSR count). The van der Waals surface area contributed by atoms with Crippen molar-refractivity contribution in [3.63, 3.8) is 0 Å². The normalized spacial score (nSPS) is 10.8. The average Bonchev–Trinajstić information content (AvgIpc) is 2.41. The molecule has 0 aliphatic carbocycles. The van der Waals surface area contributed by atoms with Crippen molar-refractivity contribution < 1.29 is 13.5 Å². The van der Waals surface area contributed by atoms with Crippen molar-refractivity contribution in [2.24, 2.45) is 0 Å². The van der Waals surface area contributed by atoms with Crippen molar-refractivity contribution in [3.8, 4) is 5.75 Å². The molecule has 112 valence electrons. The maximum Gasteiger partial charge on any atom is 0.149 e. The van der Waals surface area contributed by atoms with Crippen LogP contribution in [0.25, 0.3) is 0 Å². The highest BCUT2D eigenvalue weighted by molar-refractivity contribution is 9.10. The lowest BCUT2D eigenvalue weighted by atomic mass is 10.2. The average molecular weight is 356 g/mol. The zero-order valence-electron chi connectivity index (χ0n) is 11.8. The SMILES string of the molecule is CC(C)Oc1cccc(CNc2cc(Br)c(F)cc2F)c1. The van der Waals surface area contributed by atoms with Crippen LogP contribution in [0.4, 0.5) is 14.5 Å². The number of benzene rings is 2. The number of halogens is 3. The monoisotopic (exact) mass is 355 g/mol. The summed E-state index contributed by atoms with van der Waals surface area (Å²) >= 11 is 3.04. The van der Waals surface area contributed by atoms with E-state index in [0.717, 1.165) is 17.4 Å². The van der Waals surface area contributed by atoms with E-state index in [0.29, 0.717) is 6.54 Å². The fourth-order valence-corrected chi connectivity index (χ4v) is 2.20. The first kappa shape index (κ1) is 15.8. The van der Waals surface area contributed by atoms with E-state index in [-0.39, 0.29) is 16.3 Å². The standard InChI is InChI=1S/C16H16BrF2NO/c1-10(2)21-12-5-3-4-11(6-12)9-20-16-7-13(17)14(18)8-15(16)19/h3-8,10,20H,9H2,1-2H3. The van der Waals surface area contributed by atoms with Crippen LogP contribution < -0.4 is 10.1 Å². The fourth-order valence-electron chi connectivity index (χ4n) is 1.86. The van der Waals surface area contributed by atoms with E-state index in [1.54, 1.807) is 0 Å². The summed E-state index contributed by atoms with van der Waals surface area (Å²) in [5, 5.41) is 2.95. The van der Waals surface area contributed by atoms with Gasteiger partial charge in [-0.15, -0.1) is 0 Å². The summed E-state index contributed by atoms with van der Waals surface area (Å²) < 4.78 is 32.6. The molecule has 5 heteroatoms. The first-order valence-electron chi connectivity index (χ1n) is 6.59. The van der Waals surface area contributed by atoms with Gasteiger partial charge in [-0.05, 0) is 53.5 Å². The molecule has 0 unspecified atom stereocenters. The second-order valence-corrected chi connectivity index (χ2v) is 5.77. The van der Waals surface area contributed by atoms with Gasteiger partial charge in [-0.2, -0.15) is 0 Å². The Kier molecular flexibility index (Phi) is 5.17. The van der Waals surface area contributed by atoms with Crippen LogP contribution in [0.1, 0.15) is 19.4 Å². The molecule has 0 saturated heterocycles. The van der Waals surface area contributed by atoms with Crippen molar-refractivity contribution in [2.45, 2.75) is 26.5 Å². The van der Waals surface area contributed by atoms with Crippen LogP contribution in [0.5, 0.6) is 5.75 Å². The molecule has 0 aliphatic heterocycles. The molecule has 0 spiro atoms. The molecular weight excluding hydrogens is 340 g/mol. The van der Waals surface area contributed by atoms with Gasteiger partial charge >= 0.3 is 0 Å². The van der Waals surface area contributed by atoms with Crippen molar-refractivity contribution in [1.29, 1.82) is 0 Å². The smallest absolute Gasteiger partial charge is 0.149 e. The maximum atomic E-state index is 13.6. The lowest BCUT2D eigenvalue weighted by Gasteiger charge is -2.12. The lowest BCUT2D eigenvalue weighted by Crippen LogP contribution is -2.06. The van der Waals surface area contributed by atoms with Crippen LogP contribution in [0.3, 0.4) is 0 Å². The summed E-state index contributed by atoms with van der Waals surface area (Å²) in [4.78, 5) is 0. The molecule has 2 nitrogen and oxygen atoms in total. The van der Waals surface area contributed by atoms with Crippen molar-refractivity contribution in [3.05, 3.63) is 58.1 Å². The number of nitrogens with one attached hydrogen (secondary N) is 1. The topological polar surface area (TPSA) is 21.3 Å². The number of hydrogen-bond donors (Lipinski definition) is 1. The summed E-state index contributed by atoms with van der Waals surface area (Å²) in [6, 6.07) is 9.80. The Hall–Kier alpha value is -1.62. The number of anilines is 1. The molecule has 2 aromatic carbocycles. The minimum absolute atomic E-state index is 0.0960. The van der Waals surface area contributed by atoms with Crippen LogP contribution in [0, 0.1) is 11.6 Å². The Morgan fingerprint density at radius 3 is 2.62 bits per heavy atom. The highest BCUT2D eigenvalue weighted by atomic mass is 79.9. The third-order valence-corrected chi connectivity index (χ3v) is 3.37. The van der Waals surface area contributed by atoms with Crippen molar-refractivity contribution in [2.75, 3.05) is 5.32 Å². The zero-order chi connectivity index (χ0) is 15.4. The molecule has 21 heavy (non-hydrogen) atoms. The first-order chi connectivity index (χ1) is 9.95. The van der Waals surface area contributed by atoms with Crippen LogP contribution in [0.2, 0.25) is 0 Å². The van der Waals surface area contributed by atoms with E-state index in [4.69, 9.17) is 4.74 Å². The molecule has 0 aliphatic rings. The number of rotatable bonds is 5. The van der Waals surface area contributed by atoms with Gasteiger partial charge in [-0.25, -0.2) is 8.78 Å². The molecular formula is C16H16BrF2NO. The molecule has 0 radical (unpaired) electrons. The van der Waals surface area contributed by atoms with E-state index in [2.05, 4.69) is 21.2 Å². The van der Waals surface area contributed by atoms with Crippen LogP contribution in [0.15, 0.2) is 40.9 Å². The van der Waals surface area contributed by atoms with Gasteiger partial charge < -0.3 is 10.1 Å². The third-order valence-electron chi connectivity index (χ3n) is 2.76. The van der Waals surface area contributed by atoms with Gasteiger partial charge in [-0.1, -0.05) is 12.1 Å². The van der Waals surface area contributed by atoms with E-state index in [1.807, 2.05) is 38.1 Å². The molecule has 1 N–H and O–H groups in total. The summed E-state index contributed by atoms with van der Waals surface area (Å²) in [6.45, 7) is 4.33. The van der Waals surface area contributed by atoms with E-state index < -0.39 is 11.6 Å². The molecule has 0 fully saturated rings. The van der Waals surface area contributed by atoms with Crippen molar-refractivity contribution >= 4 is 21.6 Å². The van der Waals surface area contributed by atoms with E-state index in [1.165, 1.54) is 6.07 Å². The molecule has 0 saturated carbocycles. The maximum absolute atomic E-state index is 13.6. The number of hydrogen-bond acceptors (Lipinski definition) is 2. The third kappa shape index (κ3) is 4.43. The fraction of sp³-hybridized carbons (Fsp3) is 0.250. The van der Waals surface area contributed by atoms with Crippen LogP contribution in [-0.2, 0) is 6.54 Å². The van der Waals surface area contributed by atoms with Gasteiger partial charge in [0.05, 0.1) is 16.3 Å². The van der Waals surface area contributed by atoms with Crippen LogP contribution in [-0.4, -0.2) is 6.10 Å². The highest BCUT2D eigenvalue weighted by Crippen LogP contribution is 2.24. The second-order valence-electron chi connectivity index (χ2n) is 4.91. The lowest BCUT2D eigenvalue weighted by molar-refractivity contribution is 0.242. The largest absolute Gasteiger partial charge is 0.491 e. The molecule has 0 bridgehead atoms. The van der Waals surface area contributed by atoms with Gasteiger partial charge in [0.25, 0.3) is 0 Å². The minimum atomic E-state index is -0.620. The first-order valence-corrected chi connectivity index (χ1v) is 7.39. The van der Waals surface area contributed by atoms with E-state index in [9.17, 15) is 8.78 Å².